The number of nitro benzene ring substituents is 1. The quantitative estimate of drug-likeness (QED) is 0.160. The van der Waals surface area contributed by atoms with E-state index < -0.39 is 18.1 Å². The predicted octanol–water partition coefficient (Wildman–Crippen LogP) is 4.00. The molecule has 0 atom stereocenters. The van der Waals surface area contributed by atoms with Crippen LogP contribution < -0.4 is 38.2 Å². The standard InChI is InChI=1S/C32H24ClN2O3P.BrH/c33-25-20-21-31(35(37)38)29(22-25)32(36)34-30-19-11-10-12-24(30)23-39(26-13-4-1-5-14-26,27-15-6-2-7-16-27)28-17-8-3-9-18-28;/h1-22H,23H2;1H. The molecule has 0 unspecified atom stereocenters. The van der Waals surface area contributed by atoms with E-state index in [-0.39, 0.29) is 33.3 Å². The minimum Gasteiger partial charge on any atom is -1.00 e. The van der Waals surface area contributed by atoms with Crippen molar-refractivity contribution in [3.63, 3.8) is 0 Å². The Morgan fingerprint density at radius 2 is 1.20 bits per heavy atom. The van der Waals surface area contributed by atoms with Crippen LogP contribution in [-0.4, -0.2) is 10.8 Å². The van der Waals surface area contributed by atoms with Crippen LogP contribution in [0.15, 0.2) is 133 Å². The zero-order valence-corrected chi connectivity index (χ0v) is 24.5. The third kappa shape index (κ3) is 6.00. The Kier molecular flexibility index (Phi) is 9.49. The van der Waals surface area contributed by atoms with Crippen LogP contribution in [0.1, 0.15) is 15.9 Å². The number of nitrogens with one attached hydrogen (secondary N) is 1. The van der Waals surface area contributed by atoms with E-state index in [1.807, 2.05) is 42.5 Å². The highest BCUT2D eigenvalue weighted by Crippen LogP contribution is 2.58. The minimum atomic E-state index is -2.23. The molecule has 0 spiro atoms. The number of para-hydroxylation sites is 1. The van der Waals surface area contributed by atoms with E-state index in [0.29, 0.717) is 11.8 Å². The largest absolute Gasteiger partial charge is 1.00 e. The molecule has 0 radical (unpaired) electrons. The first kappa shape index (κ1) is 29.2. The van der Waals surface area contributed by atoms with Crippen LogP contribution in [-0.2, 0) is 6.16 Å². The number of amides is 1. The smallest absolute Gasteiger partial charge is 0.282 e. The van der Waals surface area contributed by atoms with Gasteiger partial charge in [0.25, 0.3) is 11.6 Å². The summed E-state index contributed by atoms with van der Waals surface area (Å²) in [7, 11) is -2.23. The summed E-state index contributed by atoms with van der Waals surface area (Å²) in [6.45, 7) is 0. The van der Waals surface area contributed by atoms with Crippen LogP contribution in [0.3, 0.4) is 0 Å². The van der Waals surface area contributed by atoms with Gasteiger partial charge < -0.3 is 22.3 Å². The van der Waals surface area contributed by atoms with Crippen molar-refractivity contribution in [1.29, 1.82) is 0 Å². The highest BCUT2D eigenvalue weighted by atomic mass is 79.9. The van der Waals surface area contributed by atoms with Gasteiger partial charge in [0.15, 0.2) is 0 Å². The van der Waals surface area contributed by atoms with Crippen LogP contribution in [0.4, 0.5) is 11.4 Å². The second-order valence-electron chi connectivity index (χ2n) is 9.00. The van der Waals surface area contributed by atoms with Crippen LogP contribution in [0.2, 0.25) is 5.02 Å². The SMILES string of the molecule is O=C(Nc1ccccc1C[P+](c1ccccc1)(c1ccccc1)c1ccccc1)c1cc(Cl)ccc1[N+](=O)[O-].[Br-]. The lowest BCUT2D eigenvalue weighted by molar-refractivity contribution is -0.385. The maximum absolute atomic E-state index is 13.4. The van der Waals surface area contributed by atoms with Gasteiger partial charge in [0.1, 0.15) is 34.9 Å². The van der Waals surface area contributed by atoms with E-state index in [4.69, 9.17) is 11.6 Å². The maximum atomic E-state index is 13.4. The van der Waals surface area contributed by atoms with E-state index in [1.54, 1.807) is 0 Å². The lowest BCUT2D eigenvalue weighted by atomic mass is 10.1. The van der Waals surface area contributed by atoms with Crippen LogP contribution in [0.5, 0.6) is 0 Å². The third-order valence-corrected chi connectivity index (χ3v) is 11.3. The predicted molar refractivity (Wildman–Crippen MR) is 161 cm³/mol. The molecule has 0 saturated heterocycles. The second-order valence-corrected chi connectivity index (χ2v) is 12.9. The number of hydrogen-bond donors (Lipinski definition) is 1. The normalized spacial score (nSPS) is 10.8. The van der Waals surface area contributed by atoms with Gasteiger partial charge in [0, 0.05) is 22.3 Å². The molecule has 8 heteroatoms. The number of halogens is 2. The number of anilines is 1. The van der Waals surface area contributed by atoms with Gasteiger partial charge in [-0.15, -0.1) is 0 Å². The molecule has 0 heterocycles. The minimum absolute atomic E-state index is 0. The van der Waals surface area contributed by atoms with Crippen molar-refractivity contribution in [2.24, 2.45) is 0 Å². The van der Waals surface area contributed by atoms with Crippen molar-refractivity contribution in [2.45, 2.75) is 6.16 Å². The summed E-state index contributed by atoms with van der Waals surface area (Å²) in [5.74, 6) is -0.584. The highest BCUT2D eigenvalue weighted by Gasteiger charge is 2.45. The fraction of sp³-hybridized carbons (Fsp3) is 0.0312. The number of hydrogen-bond acceptors (Lipinski definition) is 3. The summed E-state index contributed by atoms with van der Waals surface area (Å²) >= 11 is 6.09. The monoisotopic (exact) mass is 630 g/mol. The molecule has 0 aliphatic carbocycles. The van der Waals surface area contributed by atoms with Crippen molar-refractivity contribution < 1.29 is 26.7 Å². The molecule has 5 rings (SSSR count). The molecule has 200 valence electrons. The Balaban J connectivity index is 0.00000370. The average molecular weight is 632 g/mol. The Bertz CT molecular complexity index is 1520. The van der Waals surface area contributed by atoms with E-state index in [1.165, 1.54) is 34.1 Å². The van der Waals surface area contributed by atoms with Crippen molar-refractivity contribution in [3.8, 4) is 0 Å². The number of nitrogens with zero attached hydrogens (tertiary/aromatic N) is 1. The van der Waals surface area contributed by atoms with Crippen LogP contribution in [0, 0.1) is 10.1 Å². The summed E-state index contributed by atoms with van der Waals surface area (Å²) in [6.07, 6.45) is 0.638. The van der Waals surface area contributed by atoms with E-state index in [9.17, 15) is 14.9 Å². The molecular weight excluding hydrogens is 607 g/mol. The van der Waals surface area contributed by atoms with Gasteiger partial charge in [-0.25, -0.2) is 0 Å². The second kappa shape index (κ2) is 13.0. The van der Waals surface area contributed by atoms with Gasteiger partial charge >= 0.3 is 0 Å². The lowest BCUT2D eigenvalue weighted by Crippen LogP contribution is -3.00. The van der Waals surface area contributed by atoms with Gasteiger partial charge in [-0.05, 0) is 54.6 Å². The summed E-state index contributed by atoms with van der Waals surface area (Å²) in [6, 6.07) is 43.0. The van der Waals surface area contributed by atoms with Gasteiger partial charge in [0.05, 0.1) is 4.92 Å². The van der Waals surface area contributed by atoms with Crippen LogP contribution >= 0.6 is 18.9 Å². The number of carbonyl (C=O) groups is 1. The third-order valence-electron chi connectivity index (χ3n) is 6.66. The molecular formula is C32H25BrClN2O3P. The first-order valence-corrected chi connectivity index (χ1v) is 14.7. The Morgan fingerprint density at radius 3 is 1.70 bits per heavy atom. The van der Waals surface area contributed by atoms with Crippen molar-refractivity contribution in [3.05, 3.63) is 160 Å². The molecule has 40 heavy (non-hydrogen) atoms. The molecule has 0 aliphatic rings. The topological polar surface area (TPSA) is 72.2 Å². The molecule has 5 nitrogen and oxygen atoms in total. The first-order chi connectivity index (χ1) is 19.0. The molecule has 0 aromatic heterocycles. The van der Waals surface area contributed by atoms with E-state index in [2.05, 4.69) is 78.1 Å². The molecule has 0 fully saturated rings. The number of nitro groups is 1. The number of rotatable bonds is 8. The summed E-state index contributed by atoms with van der Waals surface area (Å²) in [5, 5.41) is 18.4. The van der Waals surface area contributed by atoms with Gasteiger partial charge in [0.2, 0.25) is 0 Å². The molecule has 0 aliphatic heterocycles. The maximum Gasteiger partial charge on any atom is 0.282 e. The van der Waals surface area contributed by atoms with E-state index >= 15 is 0 Å². The van der Waals surface area contributed by atoms with Gasteiger partial charge in [-0.1, -0.05) is 84.4 Å². The van der Waals surface area contributed by atoms with Gasteiger partial charge in [-0.3, -0.25) is 14.9 Å². The van der Waals surface area contributed by atoms with Crippen molar-refractivity contribution in [1.82, 2.24) is 0 Å². The zero-order chi connectivity index (χ0) is 27.2. The van der Waals surface area contributed by atoms with Gasteiger partial charge in [-0.2, -0.15) is 0 Å². The Hall–Kier alpha value is -3.83. The first-order valence-electron chi connectivity index (χ1n) is 12.4. The molecule has 0 saturated carbocycles. The fourth-order valence-electron chi connectivity index (χ4n) is 4.84. The van der Waals surface area contributed by atoms with Crippen molar-refractivity contribution >= 4 is 52.1 Å². The number of carbonyl (C=O) groups excluding carboxylic acids is 1. The lowest BCUT2D eigenvalue weighted by Gasteiger charge is -2.28. The van der Waals surface area contributed by atoms with E-state index in [0.717, 1.165) is 5.56 Å². The average Bonchev–Trinajstić information content (AvgIpc) is 2.98. The van der Waals surface area contributed by atoms with Crippen LogP contribution in [0.25, 0.3) is 0 Å². The summed E-state index contributed by atoms with van der Waals surface area (Å²) in [4.78, 5) is 24.4. The molecule has 5 aromatic carbocycles. The highest BCUT2D eigenvalue weighted by molar-refractivity contribution is 7.95. The van der Waals surface area contributed by atoms with Crippen molar-refractivity contribution in [2.75, 3.05) is 5.32 Å². The summed E-state index contributed by atoms with van der Waals surface area (Å²) < 4.78 is 0. The number of benzene rings is 5. The Morgan fingerprint density at radius 1 is 0.725 bits per heavy atom. The molecule has 1 amide bonds. The summed E-state index contributed by atoms with van der Waals surface area (Å²) in [5.41, 5.74) is 1.15. The zero-order valence-electron chi connectivity index (χ0n) is 21.3. The molecule has 1 N–H and O–H groups in total. The molecule has 5 aromatic rings. The molecule has 0 bridgehead atoms. The Labute approximate surface area is 249 Å². The fourth-order valence-corrected chi connectivity index (χ4v) is 9.29.